The van der Waals surface area contributed by atoms with Crippen LogP contribution in [0.5, 0.6) is 0 Å². The Morgan fingerprint density at radius 2 is 2.21 bits per heavy atom. The second-order valence-corrected chi connectivity index (χ2v) is 4.66. The second kappa shape index (κ2) is 7.01. The molecule has 4 nitrogen and oxygen atoms in total. The third-order valence-electron chi connectivity index (χ3n) is 2.65. The average Bonchev–Trinajstić information content (AvgIpc) is 2.98. The van der Waals surface area contributed by atoms with Gasteiger partial charge in [-0.3, -0.25) is 4.79 Å². The number of thiazole rings is 1. The lowest BCUT2D eigenvalue weighted by atomic mass is 10.1. The summed E-state index contributed by atoms with van der Waals surface area (Å²) in [6.07, 6.45) is -0.131. The lowest BCUT2D eigenvalue weighted by molar-refractivity contribution is 0.0585. The van der Waals surface area contributed by atoms with Gasteiger partial charge in [-0.25, -0.2) is 4.98 Å². The molecule has 100 valence electrons. The monoisotopic (exact) mass is 276 g/mol. The van der Waals surface area contributed by atoms with E-state index in [1.165, 1.54) is 11.3 Å². The van der Waals surface area contributed by atoms with Gasteiger partial charge in [-0.15, -0.1) is 11.3 Å². The van der Waals surface area contributed by atoms with E-state index in [2.05, 4.69) is 10.3 Å². The molecule has 0 fully saturated rings. The van der Waals surface area contributed by atoms with Gasteiger partial charge < -0.3 is 10.1 Å². The Morgan fingerprint density at radius 3 is 2.84 bits per heavy atom. The quantitative estimate of drug-likeness (QED) is 0.882. The summed E-state index contributed by atoms with van der Waals surface area (Å²) in [5.41, 5.74) is 3.16. The van der Waals surface area contributed by atoms with Crippen LogP contribution in [0.15, 0.2) is 41.2 Å². The Morgan fingerprint density at radius 1 is 1.42 bits per heavy atom. The third-order valence-corrected chi connectivity index (χ3v) is 3.24. The summed E-state index contributed by atoms with van der Waals surface area (Å²) in [6.45, 7) is 2.98. The number of ether oxygens (including phenoxy) is 1. The van der Waals surface area contributed by atoms with Crippen LogP contribution in [-0.2, 0) is 4.74 Å². The van der Waals surface area contributed by atoms with E-state index < -0.39 is 0 Å². The summed E-state index contributed by atoms with van der Waals surface area (Å²) in [6, 6.07) is 9.87. The van der Waals surface area contributed by atoms with Gasteiger partial charge in [-0.2, -0.15) is 0 Å². The molecule has 0 aliphatic rings. The normalized spacial score (nSPS) is 12.1. The number of hydrogen-bond acceptors (Lipinski definition) is 4. The molecule has 19 heavy (non-hydrogen) atoms. The fourth-order valence-corrected chi connectivity index (χ4v) is 2.27. The van der Waals surface area contributed by atoms with Crippen molar-refractivity contribution in [2.75, 3.05) is 13.2 Å². The number of aromatic nitrogens is 1. The number of carbonyl (C=O) groups excluding carboxylic acids is 1. The molecule has 0 radical (unpaired) electrons. The highest BCUT2D eigenvalue weighted by molar-refractivity contribution is 7.07. The second-order valence-electron chi connectivity index (χ2n) is 3.94. The van der Waals surface area contributed by atoms with E-state index in [0.29, 0.717) is 18.8 Å². The molecule has 0 saturated heterocycles. The van der Waals surface area contributed by atoms with Crippen molar-refractivity contribution in [2.45, 2.75) is 13.0 Å². The molecule has 0 aliphatic heterocycles. The van der Waals surface area contributed by atoms with Gasteiger partial charge in [0.05, 0.1) is 11.6 Å². The van der Waals surface area contributed by atoms with Crippen LogP contribution in [0.2, 0.25) is 0 Å². The van der Waals surface area contributed by atoms with E-state index in [9.17, 15) is 4.79 Å². The predicted octanol–water partition coefficient (Wildman–Crippen LogP) is 2.65. The minimum absolute atomic E-state index is 0.131. The van der Waals surface area contributed by atoms with Gasteiger partial charge in [0.2, 0.25) is 0 Å². The van der Waals surface area contributed by atoms with Crippen molar-refractivity contribution in [1.82, 2.24) is 10.3 Å². The zero-order valence-electron chi connectivity index (χ0n) is 10.7. The molecule has 1 amide bonds. The zero-order valence-corrected chi connectivity index (χ0v) is 11.5. The first-order valence-electron chi connectivity index (χ1n) is 6.14. The van der Waals surface area contributed by atoms with E-state index in [0.717, 1.165) is 5.56 Å². The molecule has 0 spiro atoms. The summed E-state index contributed by atoms with van der Waals surface area (Å²) in [4.78, 5) is 15.8. The van der Waals surface area contributed by atoms with Crippen molar-refractivity contribution in [1.29, 1.82) is 0 Å². The van der Waals surface area contributed by atoms with E-state index >= 15 is 0 Å². The van der Waals surface area contributed by atoms with Crippen molar-refractivity contribution < 1.29 is 9.53 Å². The van der Waals surface area contributed by atoms with Crippen molar-refractivity contribution in [3.05, 3.63) is 52.5 Å². The van der Waals surface area contributed by atoms with Crippen molar-refractivity contribution in [2.24, 2.45) is 0 Å². The molecule has 5 heteroatoms. The Bertz CT molecular complexity index is 499. The van der Waals surface area contributed by atoms with Gasteiger partial charge in [-0.05, 0) is 12.5 Å². The van der Waals surface area contributed by atoms with Crippen molar-refractivity contribution in [3.8, 4) is 0 Å². The van der Waals surface area contributed by atoms with Gasteiger partial charge in [0.25, 0.3) is 5.91 Å². The smallest absolute Gasteiger partial charge is 0.270 e. The molecule has 2 rings (SSSR count). The molecule has 0 aliphatic carbocycles. The molecule has 1 N–H and O–H groups in total. The van der Waals surface area contributed by atoms with E-state index in [1.807, 2.05) is 37.3 Å². The highest BCUT2D eigenvalue weighted by atomic mass is 32.1. The maximum atomic E-state index is 11.8. The summed E-state index contributed by atoms with van der Waals surface area (Å²) in [5, 5.41) is 4.58. The molecular weight excluding hydrogens is 260 g/mol. The predicted molar refractivity (Wildman–Crippen MR) is 75.3 cm³/mol. The number of benzene rings is 1. The van der Waals surface area contributed by atoms with Gasteiger partial charge in [0.15, 0.2) is 0 Å². The summed E-state index contributed by atoms with van der Waals surface area (Å²) >= 11 is 1.41. The lowest BCUT2D eigenvalue weighted by Gasteiger charge is -2.17. The molecule has 2 aromatic rings. The standard InChI is InChI=1S/C14H16N2O2S/c1-2-18-13(11-6-4-3-5-7-11)8-15-14(17)12-9-19-10-16-12/h3-7,9-10,13H,2,8H2,1H3,(H,15,17)/t13-/m1/s1. The maximum Gasteiger partial charge on any atom is 0.270 e. The van der Waals surface area contributed by atoms with Gasteiger partial charge in [0, 0.05) is 18.5 Å². The highest BCUT2D eigenvalue weighted by Crippen LogP contribution is 2.16. The van der Waals surface area contributed by atoms with Crippen LogP contribution in [0.25, 0.3) is 0 Å². The van der Waals surface area contributed by atoms with Gasteiger partial charge >= 0.3 is 0 Å². The number of hydrogen-bond donors (Lipinski definition) is 1. The van der Waals surface area contributed by atoms with E-state index in [4.69, 9.17) is 4.74 Å². The fraction of sp³-hybridized carbons (Fsp3) is 0.286. The topological polar surface area (TPSA) is 51.2 Å². The fourth-order valence-electron chi connectivity index (χ4n) is 1.74. The number of rotatable bonds is 6. The van der Waals surface area contributed by atoms with E-state index in [1.54, 1.807) is 10.9 Å². The number of amides is 1. The summed E-state index contributed by atoms with van der Waals surface area (Å²) < 4.78 is 5.66. The van der Waals surface area contributed by atoms with Crippen LogP contribution >= 0.6 is 11.3 Å². The van der Waals surface area contributed by atoms with Gasteiger partial charge in [0.1, 0.15) is 5.69 Å². The summed E-state index contributed by atoms with van der Waals surface area (Å²) in [7, 11) is 0. The van der Waals surface area contributed by atoms with Crippen LogP contribution in [0.1, 0.15) is 29.1 Å². The number of carbonyl (C=O) groups is 1. The first-order valence-corrected chi connectivity index (χ1v) is 7.08. The molecule has 0 saturated carbocycles. The Balaban J connectivity index is 1.96. The number of nitrogens with zero attached hydrogens (tertiary/aromatic N) is 1. The van der Waals surface area contributed by atoms with Crippen LogP contribution in [0, 0.1) is 0 Å². The van der Waals surface area contributed by atoms with Crippen LogP contribution in [0.4, 0.5) is 0 Å². The SMILES string of the molecule is CCO[C@H](CNC(=O)c1cscn1)c1ccccc1. The summed E-state index contributed by atoms with van der Waals surface area (Å²) in [5.74, 6) is -0.165. The largest absolute Gasteiger partial charge is 0.372 e. The van der Waals surface area contributed by atoms with Gasteiger partial charge in [-0.1, -0.05) is 30.3 Å². The molecule has 1 atom stereocenters. The molecule has 1 heterocycles. The Kier molecular flexibility index (Phi) is 5.06. The van der Waals surface area contributed by atoms with Crippen LogP contribution in [-0.4, -0.2) is 24.0 Å². The van der Waals surface area contributed by atoms with E-state index in [-0.39, 0.29) is 12.0 Å². The highest BCUT2D eigenvalue weighted by Gasteiger charge is 2.14. The average molecular weight is 276 g/mol. The molecule has 0 unspecified atom stereocenters. The third kappa shape index (κ3) is 3.87. The lowest BCUT2D eigenvalue weighted by Crippen LogP contribution is -2.29. The van der Waals surface area contributed by atoms with Crippen LogP contribution < -0.4 is 5.32 Å². The Hall–Kier alpha value is -1.72. The first-order chi connectivity index (χ1) is 9.31. The van der Waals surface area contributed by atoms with Crippen molar-refractivity contribution >= 4 is 17.2 Å². The minimum Gasteiger partial charge on any atom is -0.372 e. The maximum absolute atomic E-state index is 11.8. The minimum atomic E-state index is -0.165. The molecule has 1 aromatic heterocycles. The Labute approximate surface area is 116 Å². The number of nitrogens with one attached hydrogen (secondary N) is 1. The molecular formula is C14H16N2O2S. The van der Waals surface area contributed by atoms with Crippen LogP contribution in [0.3, 0.4) is 0 Å². The molecule has 0 bridgehead atoms. The first kappa shape index (κ1) is 13.7. The van der Waals surface area contributed by atoms with Crippen molar-refractivity contribution in [3.63, 3.8) is 0 Å². The molecule has 1 aromatic carbocycles. The zero-order chi connectivity index (χ0) is 13.5.